The second kappa shape index (κ2) is 6.46. The lowest BCUT2D eigenvalue weighted by atomic mass is 10.3. The van der Waals surface area contributed by atoms with Crippen molar-refractivity contribution < 1.29 is 4.79 Å². The molecule has 0 bridgehead atoms. The van der Waals surface area contributed by atoms with E-state index in [4.69, 9.17) is 0 Å². The van der Waals surface area contributed by atoms with Crippen molar-refractivity contribution in [1.82, 2.24) is 4.98 Å². The lowest BCUT2D eigenvalue weighted by Crippen LogP contribution is -2.14. The number of nitrogens with zero attached hydrogens (tertiary/aromatic N) is 2. The Bertz CT molecular complexity index is 686. The Labute approximate surface area is 137 Å². The summed E-state index contributed by atoms with van der Waals surface area (Å²) in [7, 11) is 0. The summed E-state index contributed by atoms with van der Waals surface area (Å²) in [4.78, 5) is 20.6. The number of anilines is 1. The molecule has 4 nitrogen and oxygen atoms in total. The predicted octanol–water partition coefficient (Wildman–Crippen LogP) is 3.83. The largest absolute Gasteiger partial charge is 0.301 e. The van der Waals surface area contributed by atoms with Crippen molar-refractivity contribution in [3.63, 3.8) is 0 Å². The molecule has 0 saturated carbocycles. The zero-order chi connectivity index (χ0) is 13.9. The summed E-state index contributed by atoms with van der Waals surface area (Å²) in [6.07, 6.45) is 0. The van der Waals surface area contributed by atoms with Crippen LogP contribution in [0.5, 0.6) is 0 Å². The number of carbonyl (C=O) groups excluding carboxylic acids is 1. The van der Waals surface area contributed by atoms with Gasteiger partial charge < -0.3 is 5.32 Å². The lowest BCUT2D eigenvalue weighted by molar-refractivity contribution is -0.113. The van der Waals surface area contributed by atoms with E-state index in [1.54, 1.807) is 11.8 Å². The van der Waals surface area contributed by atoms with Gasteiger partial charge in [0.15, 0.2) is 5.13 Å². The second-order valence-electron chi connectivity index (χ2n) is 3.96. The maximum atomic E-state index is 11.9. The molecule has 0 aliphatic carbocycles. The molecule has 104 valence electrons. The molecule has 0 radical (unpaired) electrons. The van der Waals surface area contributed by atoms with E-state index in [0.29, 0.717) is 10.9 Å². The SMILES string of the molecule is O=C(CSC1=NCCS1)Nc1nc2ccc(Br)cc2s1. The number of thiazole rings is 1. The van der Waals surface area contributed by atoms with Crippen LogP contribution in [0.15, 0.2) is 27.7 Å². The van der Waals surface area contributed by atoms with E-state index >= 15 is 0 Å². The van der Waals surface area contributed by atoms with Crippen LogP contribution < -0.4 is 5.32 Å². The second-order valence-corrected chi connectivity index (χ2v) is 8.22. The Morgan fingerprint density at radius 1 is 1.50 bits per heavy atom. The highest BCUT2D eigenvalue weighted by Crippen LogP contribution is 2.28. The molecule has 0 spiro atoms. The molecule has 0 unspecified atom stereocenters. The smallest absolute Gasteiger partial charge is 0.236 e. The Hall–Kier alpha value is -0.570. The number of hydrogen-bond acceptors (Lipinski definition) is 6. The third kappa shape index (κ3) is 3.55. The molecule has 1 aliphatic rings. The monoisotopic (exact) mass is 387 g/mol. The van der Waals surface area contributed by atoms with Gasteiger partial charge in [0.25, 0.3) is 0 Å². The zero-order valence-electron chi connectivity index (χ0n) is 10.3. The van der Waals surface area contributed by atoms with E-state index in [-0.39, 0.29) is 5.91 Å². The van der Waals surface area contributed by atoms with Crippen molar-refractivity contribution in [2.45, 2.75) is 0 Å². The van der Waals surface area contributed by atoms with Gasteiger partial charge in [-0.05, 0) is 18.2 Å². The third-order valence-corrected chi connectivity index (χ3v) is 6.16. The van der Waals surface area contributed by atoms with E-state index in [0.717, 1.165) is 31.4 Å². The molecule has 1 N–H and O–H groups in total. The van der Waals surface area contributed by atoms with Crippen LogP contribution in [0.3, 0.4) is 0 Å². The minimum absolute atomic E-state index is 0.0386. The number of aliphatic imine (C=N–C) groups is 1. The van der Waals surface area contributed by atoms with E-state index in [1.165, 1.54) is 23.1 Å². The van der Waals surface area contributed by atoms with Gasteiger partial charge in [-0.3, -0.25) is 9.79 Å². The van der Waals surface area contributed by atoms with Gasteiger partial charge in [0.05, 0.1) is 22.5 Å². The fourth-order valence-electron chi connectivity index (χ4n) is 1.64. The van der Waals surface area contributed by atoms with Gasteiger partial charge in [-0.25, -0.2) is 4.98 Å². The maximum Gasteiger partial charge on any atom is 0.236 e. The summed E-state index contributed by atoms with van der Waals surface area (Å²) in [6.45, 7) is 0.862. The van der Waals surface area contributed by atoms with E-state index < -0.39 is 0 Å². The molecule has 8 heteroatoms. The number of benzene rings is 1. The third-order valence-electron chi connectivity index (χ3n) is 2.48. The average Bonchev–Trinajstić information content (AvgIpc) is 3.04. The molecule has 1 aromatic heterocycles. The first-order chi connectivity index (χ1) is 9.70. The number of nitrogens with one attached hydrogen (secondary N) is 1. The molecular formula is C12H10BrN3OS3. The van der Waals surface area contributed by atoms with E-state index in [9.17, 15) is 4.79 Å². The first-order valence-electron chi connectivity index (χ1n) is 5.87. The summed E-state index contributed by atoms with van der Waals surface area (Å²) in [5, 5.41) is 3.49. The first kappa shape index (κ1) is 14.4. The van der Waals surface area contributed by atoms with Crippen molar-refractivity contribution in [1.29, 1.82) is 0 Å². The van der Waals surface area contributed by atoms with Gasteiger partial charge in [-0.1, -0.05) is 50.8 Å². The van der Waals surface area contributed by atoms with Crippen molar-refractivity contribution >= 4 is 76.4 Å². The molecule has 3 rings (SSSR count). The van der Waals surface area contributed by atoms with Gasteiger partial charge in [0, 0.05) is 10.2 Å². The van der Waals surface area contributed by atoms with Gasteiger partial charge in [0.1, 0.15) is 4.38 Å². The van der Waals surface area contributed by atoms with Crippen LogP contribution in [0.25, 0.3) is 10.2 Å². The Kier molecular flexibility index (Phi) is 4.65. The lowest BCUT2D eigenvalue weighted by Gasteiger charge is -2.00. The Balaban J connectivity index is 1.61. The van der Waals surface area contributed by atoms with Crippen LogP contribution in [0.2, 0.25) is 0 Å². The zero-order valence-corrected chi connectivity index (χ0v) is 14.3. The molecule has 2 aromatic rings. The van der Waals surface area contributed by atoms with Crippen LogP contribution >= 0.6 is 50.8 Å². The highest BCUT2D eigenvalue weighted by Gasteiger charge is 2.12. The van der Waals surface area contributed by atoms with Crippen LogP contribution in [0, 0.1) is 0 Å². The molecule has 1 amide bonds. The number of halogens is 1. The van der Waals surface area contributed by atoms with Crippen molar-refractivity contribution in [2.75, 3.05) is 23.4 Å². The summed E-state index contributed by atoms with van der Waals surface area (Å²) in [5.41, 5.74) is 0.900. The Morgan fingerprint density at radius 3 is 3.20 bits per heavy atom. The predicted molar refractivity (Wildman–Crippen MR) is 93.2 cm³/mol. The normalized spacial score (nSPS) is 14.6. The van der Waals surface area contributed by atoms with Crippen molar-refractivity contribution in [3.05, 3.63) is 22.7 Å². The van der Waals surface area contributed by atoms with Crippen molar-refractivity contribution in [3.8, 4) is 0 Å². The fourth-order valence-corrected chi connectivity index (χ4v) is 4.88. The number of hydrogen-bond donors (Lipinski definition) is 1. The summed E-state index contributed by atoms with van der Waals surface area (Å²) < 4.78 is 3.07. The maximum absolute atomic E-state index is 11.9. The van der Waals surface area contributed by atoms with Gasteiger partial charge in [-0.2, -0.15) is 0 Å². The van der Waals surface area contributed by atoms with E-state index in [2.05, 4.69) is 31.2 Å². The van der Waals surface area contributed by atoms with Crippen molar-refractivity contribution in [2.24, 2.45) is 4.99 Å². The number of amides is 1. The molecule has 0 saturated heterocycles. The molecule has 0 atom stereocenters. The van der Waals surface area contributed by atoms with Gasteiger partial charge in [-0.15, -0.1) is 0 Å². The van der Waals surface area contributed by atoms with Gasteiger partial charge in [0.2, 0.25) is 5.91 Å². The molecule has 0 fully saturated rings. The molecule has 2 heterocycles. The molecule has 1 aromatic carbocycles. The standard InChI is InChI=1S/C12H10BrN3OS3/c13-7-1-2-8-9(5-7)20-11(15-8)16-10(17)6-19-12-14-3-4-18-12/h1-2,5H,3-4,6H2,(H,15,16,17). The summed E-state index contributed by atoms with van der Waals surface area (Å²) in [5.74, 6) is 1.37. The molecular weight excluding hydrogens is 378 g/mol. The highest BCUT2D eigenvalue weighted by atomic mass is 79.9. The van der Waals surface area contributed by atoms with Crippen LogP contribution in [0.1, 0.15) is 0 Å². The topological polar surface area (TPSA) is 54.4 Å². The molecule has 1 aliphatic heterocycles. The van der Waals surface area contributed by atoms with Crippen LogP contribution in [0.4, 0.5) is 5.13 Å². The van der Waals surface area contributed by atoms with E-state index in [1.807, 2.05) is 18.2 Å². The Morgan fingerprint density at radius 2 is 2.40 bits per heavy atom. The van der Waals surface area contributed by atoms with Gasteiger partial charge >= 0.3 is 0 Å². The fraction of sp³-hybridized carbons (Fsp3) is 0.250. The number of rotatable bonds is 3. The minimum atomic E-state index is -0.0386. The number of carbonyl (C=O) groups is 1. The first-order valence-corrected chi connectivity index (χ1v) is 9.45. The number of thioether (sulfide) groups is 2. The number of aromatic nitrogens is 1. The minimum Gasteiger partial charge on any atom is -0.301 e. The number of fused-ring (bicyclic) bond motifs is 1. The average molecular weight is 388 g/mol. The quantitative estimate of drug-likeness (QED) is 0.868. The molecule has 20 heavy (non-hydrogen) atoms. The summed E-state index contributed by atoms with van der Waals surface area (Å²) >= 11 is 8.11. The van der Waals surface area contributed by atoms with Crippen LogP contribution in [-0.2, 0) is 4.79 Å². The summed E-state index contributed by atoms with van der Waals surface area (Å²) in [6, 6.07) is 5.88. The van der Waals surface area contributed by atoms with Crippen LogP contribution in [-0.4, -0.2) is 33.3 Å². The highest BCUT2D eigenvalue weighted by molar-refractivity contribution is 9.10.